The number of ether oxygens (including phenoxy) is 1. The highest BCUT2D eigenvalue weighted by Crippen LogP contribution is 2.57. The average molecular weight is 269 g/mol. The Kier molecular flexibility index (Phi) is 5.05. The van der Waals surface area contributed by atoms with Gasteiger partial charge in [0.25, 0.3) is 0 Å². The van der Waals surface area contributed by atoms with E-state index in [-0.39, 0.29) is 6.61 Å². The van der Waals surface area contributed by atoms with Gasteiger partial charge >= 0.3 is 0 Å². The zero-order valence-electron chi connectivity index (χ0n) is 12.1. The molecule has 0 radical (unpaired) electrons. The molecule has 2 fully saturated rings. The van der Waals surface area contributed by atoms with Crippen molar-refractivity contribution in [2.45, 2.75) is 51.7 Å². The molecule has 2 rings (SSSR count). The molecule has 1 spiro atoms. The zero-order valence-corrected chi connectivity index (χ0v) is 12.1. The second kappa shape index (κ2) is 6.57. The number of aliphatic hydroxyl groups is 1. The highest BCUT2D eigenvalue weighted by Gasteiger charge is 2.59. The summed E-state index contributed by atoms with van der Waals surface area (Å²) in [6.45, 7) is 6.31. The molecule has 0 bridgehead atoms. The van der Waals surface area contributed by atoms with Gasteiger partial charge in [-0.3, -0.25) is 4.99 Å². The van der Waals surface area contributed by atoms with Crippen LogP contribution in [0.4, 0.5) is 0 Å². The van der Waals surface area contributed by atoms with Crippen molar-refractivity contribution in [2.75, 3.05) is 26.3 Å². The van der Waals surface area contributed by atoms with Gasteiger partial charge < -0.3 is 20.5 Å². The lowest BCUT2D eigenvalue weighted by atomic mass is 9.51. The van der Waals surface area contributed by atoms with Crippen LogP contribution >= 0.6 is 0 Å². The molecule has 3 N–H and O–H groups in total. The van der Waals surface area contributed by atoms with E-state index < -0.39 is 0 Å². The molecule has 0 heterocycles. The summed E-state index contributed by atoms with van der Waals surface area (Å²) >= 11 is 0. The van der Waals surface area contributed by atoms with Crippen molar-refractivity contribution >= 4 is 5.96 Å². The van der Waals surface area contributed by atoms with E-state index in [0.717, 1.165) is 25.5 Å². The first-order valence-corrected chi connectivity index (χ1v) is 7.54. The summed E-state index contributed by atoms with van der Waals surface area (Å²) in [7, 11) is 0. The van der Waals surface area contributed by atoms with E-state index in [1.165, 1.54) is 19.3 Å². The monoisotopic (exact) mass is 269 g/mol. The van der Waals surface area contributed by atoms with E-state index in [1.807, 2.05) is 0 Å². The Hall–Kier alpha value is -0.810. The summed E-state index contributed by atoms with van der Waals surface area (Å²) in [5, 5.41) is 15.6. The van der Waals surface area contributed by atoms with Gasteiger partial charge in [-0.1, -0.05) is 6.42 Å². The van der Waals surface area contributed by atoms with Crippen LogP contribution in [0.2, 0.25) is 0 Å². The fourth-order valence-corrected chi connectivity index (χ4v) is 3.29. The van der Waals surface area contributed by atoms with E-state index in [1.54, 1.807) is 0 Å². The second-order valence-corrected chi connectivity index (χ2v) is 5.45. The fraction of sp³-hybridized carbons (Fsp3) is 0.929. The van der Waals surface area contributed by atoms with Crippen molar-refractivity contribution in [3.8, 4) is 0 Å². The summed E-state index contributed by atoms with van der Waals surface area (Å²) in [5.41, 5.74) is 0.339. The molecule has 0 aromatic carbocycles. The maximum atomic E-state index is 8.88. The number of aliphatic imine (C=N–C) groups is 1. The number of rotatable bonds is 6. The zero-order chi connectivity index (χ0) is 13.7. The third-order valence-electron chi connectivity index (χ3n) is 4.46. The minimum atomic E-state index is 0.0912. The molecule has 5 nitrogen and oxygen atoms in total. The third-order valence-corrected chi connectivity index (χ3v) is 4.46. The van der Waals surface area contributed by atoms with Crippen molar-refractivity contribution in [1.82, 2.24) is 10.6 Å². The average Bonchev–Trinajstić information content (AvgIpc) is 2.32. The molecule has 2 unspecified atom stereocenters. The van der Waals surface area contributed by atoms with Gasteiger partial charge in [0.1, 0.15) is 0 Å². The first-order chi connectivity index (χ1) is 9.26. The van der Waals surface area contributed by atoms with E-state index in [0.29, 0.717) is 24.1 Å². The molecule has 110 valence electrons. The maximum Gasteiger partial charge on any atom is 0.191 e. The first-order valence-electron chi connectivity index (χ1n) is 7.54. The van der Waals surface area contributed by atoms with Gasteiger partial charge in [-0.2, -0.15) is 0 Å². The molecular formula is C14H27N3O2. The molecule has 2 atom stereocenters. The Morgan fingerprint density at radius 3 is 2.74 bits per heavy atom. The Morgan fingerprint density at radius 2 is 2.21 bits per heavy atom. The summed E-state index contributed by atoms with van der Waals surface area (Å²) in [6, 6.07) is 0.467. The molecule has 2 aliphatic rings. The predicted octanol–water partition coefficient (Wildman–Crippen LogP) is 0.881. The highest BCUT2D eigenvalue weighted by molar-refractivity contribution is 5.80. The minimum absolute atomic E-state index is 0.0912. The number of hydrogen-bond acceptors (Lipinski definition) is 3. The Morgan fingerprint density at radius 1 is 1.42 bits per heavy atom. The lowest BCUT2D eigenvalue weighted by Gasteiger charge is -2.61. The van der Waals surface area contributed by atoms with Crippen molar-refractivity contribution in [3.05, 3.63) is 0 Å². The molecule has 2 saturated carbocycles. The van der Waals surface area contributed by atoms with Gasteiger partial charge in [-0.25, -0.2) is 0 Å². The molecule has 0 aliphatic heterocycles. The van der Waals surface area contributed by atoms with Gasteiger partial charge in [0.05, 0.1) is 19.3 Å². The maximum absolute atomic E-state index is 8.88. The second-order valence-electron chi connectivity index (χ2n) is 5.45. The van der Waals surface area contributed by atoms with E-state index in [9.17, 15) is 0 Å². The smallest absolute Gasteiger partial charge is 0.191 e. The van der Waals surface area contributed by atoms with Gasteiger partial charge in [0, 0.05) is 24.6 Å². The summed E-state index contributed by atoms with van der Waals surface area (Å²) in [6.07, 6.45) is 5.32. The van der Waals surface area contributed by atoms with E-state index in [4.69, 9.17) is 9.84 Å². The van der Waals surface area contributed by atoms with Crippen LogP contribution in [0.5, 0.6) is 0 Å². The lowest BCUT2D eigenvalue weighted by molar-refractivity contribution is -0.168. The molecule has 5 heteroatoms. The Balaban J connectivity index is 1.91. The number of nitrogens with one attached hydrogen (secondary N) is 2. The third kappa shape index (κ3) is 2.87. The van der Waals surface area contributed by atoms with Crippen LogP contribution in [-0.2, 0) is 4.74 Å². The molecular weight excluding hydrogens is 242 g/mol. The van der Waals surface area contributed by atoms with Crippen molar-refractivity contribution in [1.29, 1.82) is 0 Å². The van der Waals surface area contributed by atoms with Crippen LogP contribution in [-0.4, -0.2) is 49.5 Å². The van der Waals surface area contributed by atoms with Gasteiger partial charge in [0.2, 0.25) is 0 Å². The van der Waals surface area contributed by atoms with Crippen LogP contribution in [0, 0.1) is 5.41 Å². The van der Waals surface area contributed by atoms with Crippen LogP contribution in [0.15, 0.2) is 4.99 Å². The van der Waals surface area contributed by atoms with E-state index in [2.05, 4.69) is 29.5 Å². The summed E-state index contributed by atoms with van der Waals surface area (Å²) in [5.74, 6) is 0.822. The predicted molar refractivity (Wildman–Crippen MR) is 76.3 cm³/mol. The van der Waals surface area contributed by atoms with Gasteiger partial charge in [-0.05, 0) is 33.1 Å². The molecule has 0 saturated heterocycles. The standard InChI is InChI=1S/C14H27N3O2/c1-3-15-13(16-8-9-18)17-11-10-12(19-4-2)14(11)6-5-7-14/h11-12,18H,3-10H2,1-2H3,(H2,15,16,17). The largest absolute Gasteiger partial charge is 0.394 e. The van der Waals surface area contributed by atoms with Crippen LogP contribution in [0.3, 0.4) is 0 Å². The number of nitrogens with zero attached hydrogens (tertiary/aromatic N) is 1. The highest BCUT2D eigenvalue weighted by atomic mass is 16.5. The lowest BCUT2D eigenvalue weighted by Crippen LogP contribution is -2.68. The SMILES string of the molecule is CCNC(=NCCO)NC1CC(OCC)C12CCC2. The molecule has 19 heavy (non-hydrogen) atoms. The topological polar surface area (TPSA) is 65.9 Å². The number of guanidine groups is 1. The quantitative estimate of drug-likeness (QED) is 0.495. The molecule has 0 amide bonds. The van der Waals surface area contributed by atoms with Crippen molar-refractivity contribution < 1.29 is 9.84 Å². The van der Waals surface area contributed by atoms with Crippen LogP contribution in [0.25, 0.3) is 0 Å². The Labute approximate surface area is 115 Å². The van der Waals surface area contributed by atoms with E-state index >= 15 is 0 Å². The van der Waals surface area contributed by atoms with Crippen LogP contribution in [0.1, 0.15) is 39.5 Å². The first kappa shape index (κ1) is 14.6. The summed E-state index contributed by atoms with van der Waals surface area (Å²) < 4.78 is 5.85. The number of aliphatic hydroxyl groups excluding tert-OH is 1. The minimum Gasteiger partial charge on any atom is -0.394 e. The summed E-state index contributed by atoms with van der Waals surface area (Å²) in [4.78, 5) is 4.35. The molecule has 0 aromatic heterocycles. The molecule has 2 aliphatic carbocycles. The Bertz CT molecular complexity index is 316. The van der Waals surface area contributed by atoms with Gasteiger partial charge in [0.15, 0.2) is 5.96 Å². The number of hydrogen-bond donors (Lipinski definition) is 3. The normalized spacial score (nSPS) is 28.7. The fourth-order valence-electron chi connectivity index (χ4n) is 3.29. The van der Waals surface area contributed by atoms with Crippen molar-refractivity contribution in [3.63, 3.8) is 0 Å². The molecule has 0 aromatic rings. The van der Waals surface area contributed by atoms with Crippen LogP contribution < -0.4 is 10.6 Å². The van der Waals surface area contributed by atoms with Crippen molar-refractivity contribution in [2.24, 2.45) is 10.4 Å². The van der Waals surface area contributed by atoms with Gasteiger partial charge in [-0.15, -0.1) is 0 Å².